The number of fused-ring (bicyclic) bond motifs is 1. The molecule has 0 aliphatic heterocycles. The van der Waals surface area contributed by atoms with Gasteiger partial charge in [-0.2, -0.15) is 0 Å². The minimum absolute atomic E-state index is 0.000648. The Labute approximate surface area is 80.8 Å². The molecule has 2 aromatic rings. The molecule has 0 bridgehead atoms. The van der Waals surface area contributed by atoms with Gasteiger partial charge in [-0.25, -0.2) is 0 Å². The highest BCUT2D eigenvalue weighted by Gasteiger charge is 2.07. The Balaban J connectivity index is 2.62. The molecule has 0 saturated carbocycles. The van der Waals surface area contributed by atoms with Crippen molar-refractivity contribution in [1.82, 2.24) is 9.55 Å². The van der Waals surface area contributed by atoms with Crippen molar-refractivity contribution in [2.75, 3.05) is 0 Å². The first-order valence-electron chi connectivity index (χ1n) is 4.30. The Morgan fingerprint density at radius 2 is 2.43 bits per heavy atom. The van der Waals surface area contributed by atoms with E-state index in [0.29, 0.717) is 0 Å². The van der Waals surface area contributed by atoms with E-state index in [0.717, 1.165) is 16.6 Å². The van der Waals surface area contributed by atoms with Gasteiger partial charge in [-0.15, -0.1) is 0 Å². The minimum atomic E-state index is -0.831. The number of aromatic nitrogens is 2. The van der Waals surface area contributed by atoms with E-state index < -0.39 is 5.97 Å². The lowest BCUT2D eigenvalue weighted by Gasteiger charge is -2.03. The smallest absolute Gasteiger partial charge is 0.323 e. The number of carbonyl (C=O) groups is 1. The molecule has 14 heavy (non-hydrogen) atoms. The summed E-state index contributed by atoms with van der Waals surface area (Å²) >= 11 is 0. The Morgan fingerprint density at radius 3 is 3.14 bits per heavy atom. The van der Waals surface area contributed by atoms with E-state index in [1.54, 1.807) is 17.0 Å². The third-order valence-electron chi connectivity index (χ3n) is 2.20. The van der Waals surface area contributed by atoms with E-state index >= 15 is 0 Å². The molecular formula is C10H10N2O2. The highest BCUT2D eigenvalue weighted by atomic mass is 16.4. The van der Waals surface area contributed by atoms with E-state index in [9.17, 15) is 4.79 Å². The topological polar surface area (TPSA) is 55.1 Å². The molecule has 0 spiro atoms. The first-order valence-corrected chi connectivity index (χ1v) is 4.30. The molecule has 0 radical (unpaired) electrons. The fraction of sp³-hybridized carbons (Fsp3) is 0.200. The molecule has 0 amide bonds. The third-order valence-corrected chi connectivity index (χ3v) is 2.20. The predicted molar refractivity (Wildman–Crippen MR) is 52.1 cm³/mol. The summed E-state index contributed by atoms with van der Waals surface area (Å²) in [5, 5.41) is 9.71. The van der Waals surface area contributed by atoms with Crippen molar-refractivity contribution in [3.05, 3.63) is 30.2 Å². The second kappa shape index (κ2) is 3.14. The second-order valence-electron chi connectivity index (χ2n) is 3.20. The molecule has 0 unspecified atom stereocenters. The molecule has 2 heterocycles. The normalized spacial score (nSPS) is 10.6. The van der Waals surface area contributed by atoms with Crippen LogP contribution in [0.3, 0.4) is 0 Å². The van der Waals surface area contributed by atoms with E-state index in [1.807, 2.05) is 19.1 Å². The molecule has 0 atom stereocenters. The van der Waals surface area contributed by atoms with Crippen LogP contribution < -0.4 is 0 Å². The van der Waals surface area contributed by atoms with Crippen LogP contribution >= 0.6 is 0 Å². The van der Waals surface area contributed by atoms with Crippen LogP contribution in [0.2, 0.25) is 0 Å². The zero-order valence-corrected chi connectivity index (χ0v) is 7.77. The van der Waals surface area contributed by atoms with Crippen LogP contribution in [0.1, 0.15) is 5.69 Å². The summed E-state index contributed by atoms with van der Waals surface area (Å²) in [4.78, 5) is 14.6. The van der Waals surface area contributed by atoms with E-state index in [2.05, 4.69) is 4.98 Å². The highest BCUT2D eigenvalue weighted by Crippen LogP contribution is 2.17. The summed E-state index contributed by atoms with van der Waals surface area (Å²) in [6, 6.07) is 3.76. The first kappa shape index (κ1) is 8.74. The number of rotatable bonds is 2. The average molecular weight is 190 g/mol. The van der Waals surface area contributed by atoms with Gasteiger partial charge >= 0.3 is 5.97 Å². The fourth-order valence-electron chi connectivity index (χ4n) is 1.59. The zero-order chi connectivity index (χ0) is 10.1. The predicted octanol–water partition coefficient (Wildman–Crippen LogP) is 1.43. The van der Waals surface area contributed by atoms with Gasteiger partial charge in [-0.3, -0.25) is 9.78 Å². The molecule has 4 heteroatoms. The molecule has 72 valence electrons. The van der Waals surface area contributed by atoms with Gasteiger partial charge in [0.2, 0.25) is 0 Å². The maximum absolute atomic E-state index is 10.6. The van der Waals surface area contributed by atoms with Crippen LogP contribution in [0.5, 0.6) is 0 Å². The SMILES string of the molecule is Cc1cc2cnccc2n1CC(=O)O. The van der Waals surface area contributed by atoms with Crippen LogP contribution in [-0.4, -0.2) is 20.6 Å². The Bertz CT molecular complexity index is 488. The van der Waals surface area contributed by atoms with Gasteiger partial charge in [0, 0.05) is 23.5 Å². The number of aliphatic carboxylic acids is 1. The molecule has 1 N–H and O–H groups in total. The molecule has 0 saturated heterocycles. The lowest BCUT2D eigenvalue weighted by molar-refractivity contribution is -0.137. The summed E-state index contributed by atoms with van der Waals surface area (Å²) in [5.74, 6) is -0.831. The van der Waals surface area contributed by atoms with Gasteiger partial charge in [-0.05, 0) is 19.1 Å². The fourth-order valence-corrected chi connectivity index (χ4v) is 1.59. The average Bonchev–Trinajstić information content (AvgIpc) is 2.43. The quantitative estimate of drug-likeness (QED) is 0.779. The summed E-state index contributed by atoms with van der Waals surface area (Å²) in [6.07, 6.45) is 3.40. The highest BCUT2D eigenvalue weighted by molar-refractivity contribution is 5.81. The van der Waals surface area contributed by atoms with Gasteiger partial charge in [0.25, 0.3) is 0 Å². The van der Waals surface area contributed by atoms with Crippen molar-refractivity contribution >= 4 is 16.9 Å². The van der Waals surface area contributed by atoms with Crippen molar-refractivity contribution < 1.29 is 9.90 Å². The molecule has 4 nitrogen and oxygen atoms in total. The molecule has 0 aliphatic rings. The molecule has 0 aliphatic carbocycles. The Hall–Kier alpha value is -1.84. The van der Waals surface area contributed by atoms with E-state index in [-0.39, 0.29) is 6.54 Å². The number of hydrogen-bond donors (Lipinski definition) is 1. The second-order valence-corrected chi connectivity index (χ2v) is 3.20. The Morgan fingerprint density at radius 1 is 1.64 bits per heavy atom. The number of pyridine rings is 1. The van der Waals surface area contributed by atoms with Crippen LogP contribution in [-0.2, 0) is 11.3 Å². The molecule has 2 aromatic heterocycles. The summed E-state index contributed by atoms with van der Waals surface area (Å²) in [6.45, 7) is 1.89. The number of hydrogen-bond acceptors (Lipinski definition) is 2. The van der Waals surface area contributed by atoms with Crippen molar-refractivity contribution in [2.45, 2.75) is 13.5 Å². The lowest BCUT2D eigenvalue weighted by Crippen LogP contribution is -2.09. The third kappa shape index (κ3) is 1.35. The molecule has 2 rings (SSSR count). The van der Waals surface area contributed by atoms with Crippen molar-refractivity contribution in [3.8, 4) is 0 Å². The van der Waals surface area contributed by atoms with Crippen LogP contribution in [0.4, 0.5) is 0 Å². The van der Waals surface area contributed by atoms with Crippen molar-refractivity contribution in [2.24, 2.45) is 0 Å². The van der Waals surface area contributed by atoms with Gasteiger partial charge in [-0.1, -0.05) is 0 Å². The maximum Gasteiger partial charge on any atom is 0.323 e. The Kier molecular flexibility index (Phi) is 1.96. The largest absolute Gasteiger partial charge is 0.480 e. The summed E-state index contributed by atoms with van der Waals surface area (Å²) in [7, 11) is 0. The van der Waals surface area contributed by atoms with Crippen molar-refractivity contribution in [1.29, 1.82) is 0 Å². The summed E-state index contributed by atoms with van der Waals surface area (Å²) in [5.41, 5.74) is 1.86. The zero-order valence-electron chi connectivity index (χ0n) is 7.77. The number of carboxylic acid groups (broad SMARTS) is 1. The monoisotopic (exact) mass is 190 g/mol. The minimum Gasteiger partial charge on any atom is -0.480 e. The molecule has 0 aromatic carbocycles. The summed E-state index contributed by atoms with van der Waals surface area (Å²) < 4.78 is 1.76. The van der Waals surface area contributed by atoms with Crippen LogP contribution in [0.15, 0.2) is 24.5 Å². The first-order chi connectivity index (χ1) is 6.68. The van der Waals surface area contributed by atoms with Gasteiger partial charge in [0.15, 0.2) is 0 Å². The van der Waals surface area contributed by atoms with Crippen molar-refractivity contribution in [3.63, 3.8) is 0 Å². The molecular weight excluding hydrogens is 180 g/mol. The van der Waals surface area contributed by atoms with E-state index in [1.165, 1.54) is 0 Å². The van der Waals surface area contributed by atoms with Gasteiger partial charge in [0.1, 0.15) is 6.54 Å². The number of aryl methyl sites for hydroxylation is 1. The van der Waals surface area contributed by atoms with Crippen LogP contribution in [0, 0.1) is 6.92 Å². The standard InChI is InChI=1S/C10H10N2O2/c1-7-4-8-5-11-3-2-9(8)12(7)6-10(13)14/h2-5H,6H2,1H3,(H,13,14). The number of carboxylic acids is 1. The lowest BCUT2D eigenvalue weighted by atomic mass is 10.3. The molecule has 0 fully saturated rings. The van der Waals surface area contributed by atoms with Gasteiger partial charge in [0.05, 0.1) is 5.52 Å². The number of nitrogens with zero attached hydrogens (tertiary/aromatic N) is 2. The van der Waals surface area contributed by atoms with E-state index in [4.69, 9.17) is 5.11 Å². The van der Waals surface area contributed by atoms with Gasteiger partial charge < -0.3 is 9.67 Å². The van der Waals surface area contributed by atoms with Crippen LogP contribution in [0.25, 0.3) is 10.9 Å². The maximum atomic E-state index is 10.6.